The number of aromatic nitrogens is 4. The van der Waals surface area contributed by atoms with Crippen LogP contribution in [0.2, 0.25) is 5.02 Å². The summed E-state index contributed by atoms with van der Waals surface area (Å²) in [6.45, 7) is 1.11. The van der Waals surface area contributed by atoms with E-state index in [9.17, 15) is 4.79 Å². The lowest BCUT2D eigenvalue weighted by Gasteiger charge is -2.16. The first-order valence-electron chi connectivity index (χ1n) is 8.11. The number of nitrogens with zero attached hydrogens (tertiary/aromatic N) is 5. The molecule has 0 aromatic carbocycles. The van der Waals surface area contributed by atoms with Crippen LogP contribution in [0, 0.1) is 0 Å². The molecule has 0 spiro atoms. The van der Waals surface area contributed by atoms with Crippen molar-refractivity contribution in [2.75, 3.05) is 13.1 Å². The summed E-state index contributed by atoms with van der Waals surface area (Å²) < 4.78 is 7.38. The Morgan fingerprint density at radius 2 is 2.19 bits per heavy atom. The predicted molar refractivity (Wildman–Crippen MR) is 98.5 cm³/mol. The molecule has 1 aliphatic heterocycles. The average Bonchev–Trinajstić information content (AvgIpc) is 3.37. The van der Waals surface area contributed by atoms with E-state index in [0.29, 0.717) is 23.8 Å². The fourth-order valence-corrected chi connectivity index (χ4v) is 3.67. The molecule has 1 saturated heterocycles. The molecule has 4 heterocycles. The molecule has 9 heteroatoms. The van der Waals surface area contributed by atoms with E-state index < -0.39 is 0 Å². The lowest BCUT2D eigenvalue weighted by molar-refractivity contribution is 0.0759. The minimum absolute atomic E-state index is 0.0501. The van der Waals surface area contributed by atoms with Crippen LogP contribution in [0.4, 0.5) is 0 Å². The van der Waals surface area contributed by atoms with Crippen LogP contribution in [0.25, 0.3) is 10.6 Å². The Labute approximate surface area is 159 Å². The van der Waals surface area contributed by atoms with Gasteiger partial charge in [-0.15, -0.1) is 11.3 Å². The maximum atomic E-state index is 12.9. The van der Waals surface area contributed by atoms with Crippen molar-refractivity contribution in [2.24, 2.45) is 7.05 Å². The Morgan fingerprint density at radius 3 is 2.92 bits per heavy atom. The summed E-state index contributed by atoms with van der Waals surface area (Å²) in [5, 5.41) is 6.91. The van der Waals surface area contributed by atoms with Crippen LogP contribution in [0.15, 0.2) is 36.0 Å². The summed E-state index contributed by atoms with van der Waals surface area (Å²) in [4.78, 5) is 23.7. The molecule has 26 heavy (non-hydrogen) atoms. The summed E-state index contributed by atoms with van der Waals surface area (Å²) >= 11 is 7.37. The number of halogens is 1. The minimum Gasteiger partial charge on any atom is -0.458 e. The second kappa shape index (κ2) is 7.05. The van der Waals surface area contributed by atoms with Gasteiger partial charge in [-0.25, -0.2) is 9.97 Å². The SMILES string of the molecule is Cn1nc(-c2cccs2)cc1C(=O)N1CC[C@H](Oc2ncc(Cl)cn2)C1. The van der Waals surface area contributed by atoms with Crippen molar-refractivity contribution < 1.29 is 9.53 Å². The number of hydrogen-bond acceptors (Lipinski definition) is 6. The first-order chi connectivity index (χ1) is 12.6. The van der Waals surface area contributed by atoms with Gasteiger partial charge in [0, 0.05) is 20.0 Å². The van der Waals surface area contributed by atoms with E-state index in [1.54, 1.807) is 28.0 Å². The number of rotatable bonds is 4. The lowest BCUT2D eigenvalue weighted by Crippen LogP contribution is -2.32. The van der Waals surface area contributed by atoms with Gasteiger partial charge in [-0.3, -0.25) is 9.48 Å². The van der Waals surface area contributed by atoms with Gasteiger partial charge in [-0.1, -0.05) is 17.7 Å². The Bertz CT molecular complexity index is 910. The number of aryl methyl sites for hydroxylation is 1. The molecule has 0 N–H and O–H groups in total. The second-order valence-electron chi connectivity index (χ2n) is 5.98. The third-order valence-electron chi connectivity index (χ3n) is 4.17. The number of carbonyl (C=O) groups excluding carboxylic acids is 1. The number of amides is 1. The monoisotopic (exact) mass is 389 g/mol. The van der Waals surface area contributed by atoms with Gasteiger partial charge in [0.25, 0.3) is 5.91 Å². The molecule has 0 saturated carbocycles. The van der Waals surface area contributed by atoms with Gasteiger partial charge in [0.1, 0.15) is 17.5 Å². The fraction of sp³-hybridized carbons (Fsp3) is 0.294. The summed E-state index contributed by atoms with van der Waals surface area (Å²) in [7, 11) is 1.79. The molecule has 1 aliphatic rings. The number of hydrogen-bond donors (Lipinski definition) is 0. The highest BCUT2D eigenvalue weighted by atomic mass is 35.5. The van der Waals surface area contributed by atoms with Crippen LogP contribution in [-0.4, -0.2) is 49.7 Å². The number of carbonyl (C=O) groups is 1. The Kier molecular flexibility index (Phi) is 4.60. The van der Waals surface area contributed by atoms with Crippen LogP contribution in [0.3, 0.4) is 0 Å². The standard InChI is InChI=1S/C17H16ClN5O2S/c1-22-14(7-13(21-22)15-3-2-6-26-15)16(24)23-5-4-12(10-23)25-17-19-8-11(18)9-20-17/h2-3,6-9,12H,4-5,10H2,1H3/t12-/m0/s1. The molecule has 1 atom stereocenters. The number of ether oxygens (including phenoxy) is 1. The van der Waals surface area contributed by atoms with E-state index in [0.717, 1.165) is 17.0 Å². The van der Waals surface area contributed by atoms with Crippen molar-refractivity contribution in [1.29, 1.82) is 0 Å². The molecular weight excluding hydrogens is 374 g/mol. The largest absolute Gasteiger partial charge is 0.458 e. The van der Waals surface area contributed by atoms with Crippen LogP contribution in [0.5, 0.6) is 6.01 Å². The zero-order valence-electron chi connectivity index (χ0n) is 14.0. The smallest absolute Gasteiger partial charge is 0.316 e. The maximum absolute atomic E-state index is 12.9. The third-order valence-corrected chi connectivity index (χ3v) is 5.26. The average molecular weight is 390 g/mol. The summed E-state index contributed by atoms with van der Waals surface area (Å²) in [6.07, 6.45) is 3.57. The second-order valence-corrected chi connectivity index (χ2v) is 7.36. The minimum atomic E-state index is -0.134. The van der Waals surface area contributed by atoms with Crippen LogP contribution in [-0.2, 0) is 7.05 Å². The zero-order valence-corrected chi connectivity index (χ0v) is 15.6. The lowest BCUT2D eigenvalue weighted by atomic mass is 10.3. The molecule has 4 rings (SSSR count). The molecule has 0 bridgehead atoms. The summed E-state index contributed by atoms with van der Waals surface area (Å²) in [5.41, 5.74) is 1.38. The van der Waals surface area contributed by atoms with Crippen molar-refractivity contribution in [3.63, 3.8) is 0 Å². The van der Waals surface area contributed by atoms with E-state index >= 15 is 0 Å². The Hall–Kier alpha value is -2.45. The highest BCUT2D eigenvalue weighted by molar-refractivity contribution is 7.13. The normalized spacial score (nSPS) is 16.8. The van der Waals surface area contributed by atoms with Gasteiger partial charge in [-0.05, 0) is 17.5 Å². The van der Waals surface area contributed by atoms with Gasteiger partial charge in [0.15, 0.2) is 0 Å². The first-order valence-corrected chi connectivity index (χ1v) is 9.37. The van der Waals surface area contributed by atoms with Crippen molar-refractivity contribution in [3.8, 4) is 16.6 Å². The van der Waals surface area contributed by atoms with Gasteiger partial charge in [-0.2, -0.15) is 5.10 Å². The van der Waals surface area contributed by atoms with Gasteiger partial charge < -0.3 is 9.64 Å². The molecule has 0 aliphatic carbocycles. The number of thiophene rings is 1. The van der Waals surface area contributed by atoms with E-state index in [1.165, 1.54) is 12.4 Å². The van der Waals surface area contributed by atoms with Crippen LogP contribution in [0.1, 0.15) is 16.9 Å². The van der Waals surface area contributed by atoms with Crippen molar-refractivity contribution in [1.82, 2.24) is 24.6 Å². The van der Waals surface area contributed by atoms with Crippen LogP contribution < -0.4 is 4.74 Å². The molecular formula is C17H16ClN5O2S. The third kappa shape index (κ3) is 3.42. The molecule has 0 radical (unpaired) electrons. The molecule has 1 fully saturated rings. The molecule has 7 nitrogen and oxygen atoms in total. The van der Waals surface area contributed by atoms with Gasteiger partial charge in [0.2, 0.25) is 0 Å². The van der Waals surface area contributed by atoms with Crippen molar-refractivity contribution >= 4 is 28.8 Å². The summed E-state index contributed by atoms with van der Waals surface area (Å²) in [6, 6.07) is 6.07. The van der Waals surface area contributed by atoms with Gasteiger partial charge in [0.05, 0.1) is 28.8 Å². The molecule has 1 amide bonds. The molecule has 3 aromatic heterocycles. The number of likely N-dealkylation sites (tertiary alicyclic amines) is 1. The summed E-state index contributed by atoms with van der Waals surface area (Å²) in [5.74, 6) is -0.0501. The maximum Gasteiger partial charge on any atom is 0.316 e. The fourth-order valence-electron chi connectivity index (χ4n) is 2.89. The first kappa shape index (κ1) is 17.0. The highest BCUT2D eigenvalue weighted by Gasteiger charge is 2.30. The van der Waals surface area contributed by atoms with E-state index in [2.05, 4.69) is 15.1 Å². The van der Waals surface area contributed by atoms with Crippen LogP contribution >= 0.6 is 22.9 Å². The van der Waals surface area contributed by atoms with Crippen molar-refractivity contribution in [2.45, 2.75) is 12.5 Å². The van der Waals surface area contributed by atoms with E-state index in [1.807, 2.05) is 23.6 Å². The van der Waals surface area contributed by atoms with E-state index in [-0.39, 0.29) is 18.0 Å². The van der Waals surface area contributed by atoms with Gasteiger partial charge >= 0.3 is 6.01 Å². The Balaban J connectivity index is 1.44. The topological polar surface area (TPSA) is 73.1 Å². The van der Waals surface area contributed by atoms with Crippen molar-refractivity contribution in [3.05, 3.63) is 46.7 Å². The Morgan fingerprint density at radius 1 is 1.38 bits per heavy atom. The molecule has 0 unspecified atom stereocenters. The van der Waals surface area contributed by atoms with E-state index in [4.69, 9.17) is 16.3 Å². The zero-order chi connectivity index (χ0) is 18.1. The quantitative estimate of drug-likeness (QED) is 0.686. The predicted octanol–water partition coefficient (Wildman–Crippen LogP) is 2.89. The molecule has 3 aromatic rings. The molecule has 134 valence electrons. The highest BCUT2D eigenvalue weighted by Crippen LogP contribution is 2.25.